The molecule has 1 unspecified atom stereocenters. The van der Waals surface area contributed by atoms with E-state index in [9.17, 15) is 4.79 Å². The lowest BCUT2D eigenvalue weighted by Crippen LogP contribution is -2.39. The molecule has 1 aliphatic rings. The number of carbonyl (C=O) groups excluding carboxylic acids is 1. The molecular formula is C24H32N2O2. The predicted octanol–water partition coefficient (Wildman–Crippen LogP) is 4.05. The van der Waals surface area contributed by atoms with Crippen molar-refractivity contribution in [3.63, 3.8) is 0 Å². The van der Waals surface area contributed by atoms with E-state index in [-0.39, 0.29) is 11.8 Å². The summed E-state index contributed by atoms with van der Waals surface area (Å²) in [5.41, 5.74) is 3.29. The summed E-state index contributed by atoms with van der Waals surface area (Å²) in [5, 5.41) is 0. The second-order valence-corrected chi connectivity index (χ2v) is 7.53. The number of carbonyl (C=O) groups is 1. The average molecular weight is 381 g/mol. The van der Waals surface area contributed by atoms with Gasteiger partial charge in [-0.3, -0.25) is 9.69 Å². The van der Waals surface area contributed by atoms with Crippen LogP contribution in [-0.4, -0.2) is 56.6 Å². The number of ether oxygens (including phenoxy) is 1. The molecule has 1 saturated heterocycles. The molecule has 0 saturated carbocycles. The largest absolute Gasteiger partial charge is 0.378 e. The molecule has 1 heterocycles. The number of nitrogens with zero attached hydrogens (tertiary/aromatic N) is 2. The molecule has 3 rings (SSSR count). The van der Waals surface area contributed by atoms with Crippen LogP contribution in [0.25, 0.3) is 0 Å². The Morgan fingerprint density at radius 2 is 1.75 bits per heavy atom. The molecule has 4 heteroatoms. The first-order valence-corrected chi connectivity index (χ1v) is 10.4. The summed E-state index contributed by atoms with van der Waals surface area (Å²) in [6.45, 7) is 6.39. The van der Waals surface area contributed by atoms with Crippen molar-refractivity contribution >= 4 is 11.5 Å². The van der Waals surface area contributed by atoms with Crippen LogP contribution in [0.1, 0.15) is 35.7 Å². The van der Waals surface area contributed by atoms with E-state index in [0.717, 1.165) is 57.7 Å². The summed E-state index contributed by atoms with van der Waals surface area (Å²) in [4.78, 5) is 17.7. The van der Waals surface area contributed by atoms with Gasteiger partial charge in [0.2, 0.25) is 0 Å². The number of likely N-dealkylation sites (N-methyl/N-ethyl adjacent to an activating group) is 1. The van der Waals surface area contributed by atoms with Gasteiger partial charge in [-0.15, -0.1) is 0 Å². The Labute approximate surface area is 169 Å². The Morgan fingerprint density at radius 1 is 1.07 bits per heavy atom. The minimum absolute atomic E-state index is 0.0667. The molecule has 1 aliphatic heterocycles. The van der Waals surface area contributed by atoms with E-state index >= 15 is 0 Å². The quantitative estimate of drug-likeness (QED) is 0.615. The van der Waals surface area contributed by atoms with Crippen molar-refractivity contribution in [3.8, 4) is 0 Å². The maximum absolute atomic E-state index is 13.2. The smallest absolute Gasteiger partial charge is 0.179 e. The van der Waals surface area contributed by atoms with Crippen LogP contribution in [-0.2, 0) is 11.2 Å². The van der Waals surface area contributed by atoms with Crippen molar-refractivity contribution in [2.75, 3.05) is 44.8 Å². The van der Waals surface area contributed by atoms with E-state index in [0.29, 0.717) is 0 Å². The van der Waals surface area contributed by atoms with Crippen molar-refractivity contribution < 1.29 is 9.53 Å². The summed E-state index contributed by atoms with van der Waals surface area (Å²) in [6.07, 6.45) is 2.84. The summed E-state index contributed by atoms with van der Waals surface area (Å²) in [7, 11) is 2.07. The fourth-order valence-electron chi connectivity index (χ4n) is 3.78. The molecule has 28 heavy (non-hydrogen) atoms. The fourth-order valence-corrected chi connectivity index (χ4v) is 3.78. The van der Waals surface area contributed by atoms with Gasteiger partial charge >= 0.3 is 0 Å². The maximum atomic E-state index is 13.2. The highest BCUT2D eigenvalue weighted by Gasteiger charge is 2.23. The summed E-state index contributed by atoms with van der Waals surface area (Å²) >= 11 is 0. The first-order chi connectivity index (χ1) is 13.7. The number of morpholine rings is 1. The van der Waals surface area contributed by atoms with Gasteiger partial charge in [-0.1, -0.05) is 43.7 Å². The van der Waals surface area contributed by atoms with Crippen LogP contribution in [0.3, 0.4) is 0 Å². The lowest BCUT2D eigenvalue weighted by Gasteiger charge is -2.29. The molecular weight excluding hydrogens is 348 g/mol. The number of Topliss-reactive ketones (excluding diaryl/α,β-unsaturated/α-hetero) is 1. The minimum atomic E-state index is -0.0667. The third-order valence-electron chi connectivity index (χ3n) is 5.52. The molecule has 0 aliphatic carbocycles. The van der Waals surface area contributed by atoms with E-state index in [2.05, 4.69) is 60.2 Å². The third-order valence-corrected chi connectivity index (χ3v) is 5.52. The highest BCUT2D eigenvalue weighted by atomic mass is 16.5. The average Bonchev–Trinajstić information content (AvgIpc) is 2.77. The van der Waals surface area contributed by atoms with Gasteiger partial charge in [0.05, 0.1) is 19.3 Å². The lowest BCUT2D eigenvalue weighted by atomic mass is 9.98. The zero-order chi connectivity index (χ0) is 19.8. The number of rotatable bonds is 9. The van der Waals surface area contributed by atoms with Gasteiger partial charge in [-0.05, 0) is 49.7 Å². The van der Waals surface area contributed by atoms with Crippen LogP contribution < -0.4 is 4.90 Å². The molecule has 0 amide bonds. The lowest BCUT2D eigenvalue weighted by molar-refractivity contribution is 0.0840. The first kappa shape index (κ1) is 20.6. The summed E-state index contributed by atoms with van der Waals surface area (Å²) in [6, 6.07) is 18.5. The molecule has 0 spiro atoms. The molecule has 0 aromatic heterocycles. The van der Waals surface area contributed by atoms with Gasteiger partial charge in [0.1, 0.15) is 0 Å². The van der Waals surface area contributed by atoms with Gasteiger partial charge in [0.15, 0.2) is 5.78 Å². The van der Waals surface area contributed by atoms with E-state index in [1.807, 2.05) is 18.2 Å². The Balaban J connectivity index is 1.64. The van der Waals surface area contributed by atoms with Gasteiger partial charge < -0.3 is 9.64 Å². The van der Waals surface area contributed by atoms with Crippen LogP contribution >= 0.6 is 0 Å². The Morgan fingerprint density at radius 3 is 2.39 bits per heavy atom. The predicted molar refractivity (Wildman–Crippen MR) is 115 cm³/mol. The Hall–Kier alpha value is -2.17. The van der Waals surface area contributed by atoms with Crippen LogP contribution in [0.5, 0.6) is 0 Å². The zero-order valence-corrected chi connectivity index (χ0v) is 17.1. The molecule has 0 N–H and O–H groups in total. The molecule has 2 aromatic rings. The molecule has 150 valence electrons. The Kier molecular flexibility index (Phi) is 7.63. The second-order valence-electron chi connectivity index (χ2n) is 7.53. The topological polar surface area (TPSA) is 32.8 Å². The van der Waals surface area contributed by atoms with Crippen LogP contribution in [0.2, 0.25) is 0 Å². The summed E-state index contributed by atoms with van der Waals surface area (Å²) in [5.74, 6) is 0.228. The highest BCUT2D eigenvalue weighted by Crippen LogP contribution is 2.20. The number of hydrogen-bond donors (Lipinski definition) is 0. The van der Waals surface area contributed by atoms with E-state index < -0.39 is 0 Å². The van der Waals surface area contributed by atoms with E-state index in [1.54, 1.807) is 0 Å². The third kappa shape index (κ3) is 5.43. The monoisotopic (exact) mass is 380 g/mol. The van der Waals surface area contributed by atoms with Crippen molar-refractivity contribution in [3.05, 3.63) is 65.7 Å². The van der Waals surface area contributed by atoms with Crippen molar-refractivity contribution in [2.24, 2.45) is 0 Å². The van der Waals surface area contributed by atoms with Crippen LogP contribution in [0, 0.1) is 0 Å². The number of anilines is 1. The first-order valence-electron chi connectivity index (χ1n) is 10.4. The maximum Gasteiger partial charge on any atom is 0.179 e. The Bertz CT molecular complexity index is 724. The SMILES string of the molecule is CCCC(C(=O)c1ccc(N2CCOCC2)cc1)N(C)CCc1ccccc1. The molecule has 1 fully saturated rings. The molecule has 4 nitrogen and oxygen atoms in total. The van der Waals surface area contributed by atoms with Gasteiger partial charge in [-0.2, -0.15) is 0 Å². The van der Waals surface area contributed by atoms with Gasteiger partial charge in [0, 0.05) is 30.9 Å². The van der Waals surface area contributed by atoms with Crippen LogP contribution in [0.4, 0.5) is 5.69 Å². The molecule has 1 atom stereocenters. The van der Waals surface area contributed by atoms with Crippen molar-refractivity contribution in [2.45, 2.75) is 32.2 Å². The second kappa shape index (κ2) is 10.4. The zero-order valence-electron chi connectivity index (χ0n) is 17.1. The molecule has 0 bridgehead atoms. The van der Waals surface area contributed by atoms with Crippen molar-refractivity contribution in [1.82, 2.24) is 4.90 Å². The number of benzene rings is 2. The van der Waals surface area contributed by atoms with Crippen molar-refractivity contribution in [1.29, 1.82) is 0 Å². The van der Waals surface area contributed by atoms with E-state index in [1.165, 1.54) is 11.3 Å². The molecule has 0 radical (unpaired) electrons. The fraction of sp³-hybridized carbons (Fsp3) is 0.458. The summed E-state index contributed by atoms with van der Waals surface area (Å²) < 4.78 is 5.42. The highest BCUT2D eigenvalue weighted by molar-refractivity contribution is 6.00. The standard InChI is InChI=1S/C24H32N2O2/c1-3-7-23(25(2)15-14-20-8-5-4-6-9-20)24(27)21-10-12-22(13-11-21)26-16-18-28-19-17-26/h4-6,8-13,23H,3,7,14-19H2,1-2H3. The van der Waals surface area contributed by atoms with Gasteiger partial charge in [-0.25, -0.2) is 0 Å². The van der Waals surface area contributed by atoms with E-state index in [4.69, 9.17) is 4.74 Å². The number of ketones is 1. The normalized spacial score (nSPS) is 15.6. The van der Waals surface area contributed by atoms with Crippen LogP contribution in [0.15, 0.2) is 54.6 Å². The molecule has 2 aromatic carbocycles. The van der Waals surface area contributed by atoms with Gasteiger partial charge in [0.25, 0.3) is 0 Å². The number of hydrogen-bond acceptors (Lipinski definition) is 4. The minimum Gasteiger partial charge on any atom is -0.378 e.